The van der Waals surface area contributed by atoms with Crippen LogP contribution in [0.4, 0.5) is 0 Å². The van der Waals surface area contributed by atoms with E-state index in [2.05, 4.69) is 10.6 Å². The number of nitrogens with zero attached hydrogens (tertiary/aromatic N) is 1. The quantitative estimate of drug-likeness (QED) is 0.182. The van der Waals surface area contributed by atoms with E-state index in [1.165, 1.54) is 36.1 Å². The fourth-order valence-electron chi connectivity index (χ4n) is 3.69. The summed E-state index contributed by atoms with van der Waals surface area (Å²) in [6, 6.07) is 0.500. The van der Waals surface area contributed by atoms with Crippen LogP contribution in [-0.4, -0.2) is 91.8 Å². The number of aliphatic hydroxyl groups is 1. The third-order valence-electron chi connectivity index (χ3n) is 5.65. The first-order valence-electron chi connectivity index (χ1n) is 11.0. The molecule has 1 fully saturated rings. The highest BCUT2D eigenvalue weighted by atomic mass is 16.4. The molecule has 0 spiro atoms. The van der Waals surface area contributed by atoms with Crippen LogP contribution < -0.4 is 16.4 Å². The van der Waals surface area contributed by atoms with Gasteiger partial charge in [-0.3, -0.25) is 19.2 Å². The van der Waals surface area contributed by atoms with Gasteiger partial charge in [0.1, 0.15) is 29.9 Å². The van der Waals surface area contributed by atoms with Gasteiger partial charge in [0.05, 0.1) is 12.5 Å². The highest BCUT2D eigenvalue weighted by molar-refractivity contribution is 5.95. The molecule has 5 unspecified atom stereocenters. The van der Waals surface area contributed by atoms with Gasteiger partial charge >= 0.3 is 11.9 Å². The number of phenolic OH excluding ortho intramolecular Hbond substituents is 1. The van der Waals surface area contributed by atoms with Crippen LogP contribution in [0.5, 0.6) is 5.75 Å². The average molecular weight is 495 g/mol. The zero-order valence-corrected chi connectivity index (χ0v) is 19.1. The molecule has 13 nitrogen and oxygen atoms in total. The molecule has 3 amide bonds. The van der Waals surface area contributed by atoms with Crippen molar-refractivity contribution < 1.29 is 44.4 Å². The molecule has 1 saturated heterocycles. The molecule has 0 saturated carbocycles. The van der Waals surface area contributed by atoms with E-state index in [0.29, 0.717) is 12.0 Å². The van der Waals surface area contributed by atoms with Gasteiger partial charge in [0.2, 0.25) is 17.7 Å². The molecule has 5 atom stereocenters. The number of carboxylic acids is 2. The molecule has 1 aromatic carbocycles. The number of amides is 3. The summed E-state index contributed by atoms with van der Waals surface area (Å²) in [7, 11) is 0. The summed E-state index contributed by atoms with van der Waals surface area (Å²) in [5.41, 5.74) is 6.25. The van der Waals surface area contributed by atoms with E-state index >= 15 is 0 Å². The molecule has 13 heteroatoms. The van der Waals surface area contributed by atoms with Gasteiger partial charge in [0, 0.05) is 13.0 Å². The number of rotatable bonds is 11. The Morgan fingerprint density at radius 1 is 1.09 bits per heavy atom. The summed E-state index contributed by atoms with van der Waals surface area (Å²) in [4.78, 5) is 62.2. The highest BCUT2D eigenvalue weighted by Gasteiger charge is 2.39. The number of nitrogens with two attached hydrogens (primary N) is 1. The number of nitrogens with one attached hydrogen (secondary N) is 2. The Labute approximate surface area is 200 Å². The molecule has 8 N–H and O–H groups in total. The first-order valence-corrected chi connectivity index (χ1v) is 11.0. The molecular formula is C22H30N4O9. The number of aliphatic hydroxyl groups excluding tert-OH is 1. The summed E-state index contributed by atoms with van der Waals surface area (Å²) in [5.74, 6) is -5.26. The van der Waals surface area contributed by atoms with E-state index < -0.39 is 66.4 Å². The van der Waals surface area contributed by atoms with Gasteiger partial charge in [-0.25, -0.2) is 4.79 Å². The number of hydrogen-bond acceptors (Lipinski definition) is 8. The Kier molecular flexibility index (Phi) is 9.54. The number of benzene rings is 1. The summed E-state index contributed by atoms with van der Waals surface area (Å²) >= 11 is 0. The van der Waals surface area contributed by atoms with E-state index in [-0.39, 0.29) is 25.1 Å². The van der Waals surface area contributed by atoms with Crippen LogP contribution in [0.15, 0.2) is 24.3 Å². The summed E-state index contributed by atoms with van der Waals surface area (Å²) in [6.07, 6.45) is -1.34. The molecule has 0 bridgehead atoms. The Hall–Kier alpha value is -3.71. The Morgan fingerprint density at radius 3 is 2.26 bits per heavy atom. The van der Waals surface area contributed by atoms with Crippen LogP contribution in [0.3, 0.4) is 0 Å². The molecule has 2 rings (SSSR count). The normalized spacial score (nSPS) is 18.7. The predicted molar refractivity (Wildman–Crippen MR) is 120 cm³/mol. The van der Waals surface area contributed by atoms with E-state index in [0.717, 1.165) is 0 Å². The minimum absolute atomic E-state index is 0.0271. The van der Waals surface area contributed by atoms with Crippen molar-refractivity contribution in [2.75, 3.05) is 6.54 Å². The fourth-order valence-corrected chi connectivity index (χ4v) is 3.69. The minimum atomic E-state index is -1.73. The SMILES string of the molecule is CC(O)C(N)C(=O)N1CCCC1C(=O)NC(Cc1ccc(O)cc1)C(=O)NC(CC(=O)O)C(=O)O. The van der Waals surface area contributed by atoms with Crippen molar-refractivity contribution >= 4 is 29.7 Å². The van der Waals surface area contributed by atoms with Crippen LogP contribution in [0.25, 0.3) is 0 Å². The lowest BCUT2D eigenvalue weighted by Gasteiger charge is -2.29. The van der Waals surface area contributed by atoms with Crippen molar-refractivity contribution in [2.45, 2.75) is 62.9 Å². The number of aromatic hydroxyl groups is 1. The lowest BCUT2D eigenvalue weighted by Crippen LogP contribution is -2.58. The van der Waals surface area contributed by atoms with Gasteiger partial charge in [-0.2, -0.15) is 0 Å². The summed E-state index contributed by atoms with van der Waals surface area (Å²) in [6.45, 7) is 1.58. The monoisotopic (exact) mass is 494 g/mol. The number of likely N-dealkylation sites (tertiary alicyclic amines) is 1. The average Bonchev–Trinajstić information content (AvgIpc) is 3.28. The Balaban J connectivity index is 2.23. The number of carbonyl (C=O) groups is 5. The Bertz CT molecular complexity index is 951. The summed E-state index contributed by atoms with van der Waals surface area (Å²) in [5, 5.41) is 41.9. The number of phenols is 1. The molecular weight excluding hydrogens is 464 g/mol. The van der Waals surface area contributed by atoms with Gasteiger partial charge < -0.3 is 41.7 Å². The topological polar surface area (TPSA) is 220 Å². The third kappa shape index (κ3) is 7.65. The van der Waals surface area contributed by atoms with Crippen molar-refractivity contribution in [2.24, 2.45) is 5.73 Å². The van der Waals surface area contributed by atoms with Crippen LogP contribution in [0.1, 0.15) is 31.7 Å². The molecule has 0 aliphatic carbocycles. The first-order chi connectivity index (χ1) is 16.4. The molecule has 1 heterocycles. The van der Waals surface area contributed by atoms with Gasteiger partial charge in [0.15, 0.2) is 0 Å². The van der Waals surface area contributed by atoms with Gasteiger partial charge in [0.25, 0.3) is 0 Å². The first kappa shape index (κ1) is 27.5. The van der Waals surface area contributed by atoms with Crippen LogP contribution in [0, 0.1) is 0 Å². The lowest BCUT2D eigenvalue weighted by atomic mass is 10.0. The van der Waals surface area contributed by atoms with Crippen LogP contribution in [0.2, 0.25) is 0 Å². The Morgan fingerprint density at radius 2 is 1.71 bits per heavy atom. The van der Waals surface area contributed by atoms with Crippen molar-refractivity contribution in [3.8, 4) is 5.75 Å². The predicted octanol–water partition coefficient (Wildman–Crippen LogP) is -1.84. The zero-order valence-electron chi connectivity index (χ0n) is 19.1. The van der Waals surface area contributed by atoms with Gasteiger partial charge in [-0.05, 0) is 37.5 Å². The van der Waals surface area contributed by atoms with Crippen molar-refractivity contribution in [1.29, 1.82) is 0 Å². The van der Waals surface area contributed by atoms with Crippen molar-refractivity contribution in [1.82, 2.24) is 15.5 Å². The maximum atomic E-state index is 13.1. The molecule has 192 valence electrons. The number of carboxylic acid groups (broad SMARTS) is 2. The third-order valence-corrected chi connectivity index (χ3v) is 5.65. The maximum absolute atomic E-state index is 13.1. The second kappa shape index (κ2) is 12.1. The molecule has 0 radical (unpaired) electrons. The number of hydrogen-bond donors (Lipinski definition) is 7. The van der Waals surface area contributed by atoms with E-state index in [1.54, 1.807) is 0 Å². The van der Waals surface area contributed by atoms with E-state index in [4.69, 9.17) is 10.8 Å². The highest BCUT2D eigenvalue weighted by Crippen LogP contribution is 2.20. The van der Waals surface area contributed by atoms with E-state index in [9.17, 15) is 39.3 Å². The van der Waals surface area contributed by atoms with E-state index in [1.807, 2.05) is 0 Å². The summed E-state index contributed by atoms with van der Waals surface area (Å²) < 4.78 is 0. The van der Waals surface area contributed by atoms with Crippen LogP contribution >= 0.6 is 0 Å². The number of aliphatic carboxylic acids is 2. The van der Waals surface area contributed by atoms with Gasteiger partial charge in [-0.1, -0.05) is 12.1 Å². The molecule has 35 heavy (non-hydrogen) atoms. The second-order valence-corrected chi connectivity index (χ2v) is 8.39. The molecule has 1 aromatic rings. The van der Waals surface area contributed by atoms with Gasteiger partial charge in [-0.15, -0.1) is 0 Å². The minimum Gasteiger partial charge on any atom is -0.508 e. The van der Waals surface area contributed by atoms with Crippen LogP contribution in [-0.2, 0) is 30.4 Å². The van der Waals surface area contributed by atoms with Crippen molar-refractivity contribution in [3.63, 3.8) is 0 Å². The zero-order chi connectivity index (χ0) is 26.3. The smallest absolute Gasteiger partial charge is 0.326 e. The second-order valence-electron chi connectivity index (χ2n) is 8.39. The molecule has 1 aliphatic heterocycles. The standard InChI is InChI=1S/C22H30N4O9/c1-11(27)18(23)21(33)26-8-2-3-16(26)20(32)24-14(9-12-4-6-13(28)7-5-12)19(31)25-15(22(34)35)10-17(29)30/h4-7,11,14-16,18,27-28H,2-3,8-10,23H2,1H3,(H,24,32)(H,25,31)(H,29,30)(H,34,35). The largest absolute Gasteiger partial charge is 0.508 e. The van der Waals surface area contributed by atoms with Crippen molar-refractivity contribution in [3.05, 3.63) is 29.8 Å². The fraction of sp³-hybridized carbons (Fsp3) is 0.500. The molecule has 1 aliphatic rings. The molecule has 0 aromatic heterocycles. The number of carbonyl (C=O) groups excluding carboxylic acids is 3. The lowest BCUT2D eigenvalue weighted by molar-refractivity contribution is -0.147. The maximum Gasteiger partial charge on any atom is 0.326 e.